The number of aliphatic hydroxyl groups is 1. The summed E-state index contributed by atoms with van der Waals surface area (Å²) in [5, 5.41) is 9.63. The number of piperidine rings is 1. The molecule has 1 saturated heterocycles. The van der Waals surface area contributed by atoms with E-state index in [4.69, 9.17) is 4.74 Å². The molecule has 4 heteroatoms. The number of benzene rings is 1. The van der Waals surface area contributed by atoms with Crippen molar-refractivity contribution >= 4 is 11.7 Å². The molecule has 1 N–H and O–H groups in total. The second kappa shape index (κ2) is 5.19. The molecule has 0 amide bonds. The van der Waals surface area contributed by atoms with Crippen LogP contribution in [0.3, 0.4) is 0 Å². The van der Waals surface area contributed by atoms with Gasteiger partial charge in [0, 0.05) is 18.8 Å². The average molecular weight is 235 g/mol. The minimum absolute atomic E-state index is 0.273. The fourth-order valence-electron chi connectivity index (χ4n) is 2.14. The number of β-amino-alcohol motifs (C(OH)–C–C–N with tert-alkyl or cyclic N) is 1. The number of nitrogens with zero attached hydrogens (tertiary/aromatic N) is 1. The first kappa shape index (κ1) is 11.9. The third-order valence-electron chi connectivity index (χ3n) is 3.03. The molecule has 0 saturated carbocycles. The maximum Gasteiger partial charge on any atom is 0.337 e. The Bertz CT molecular complexity index is 405. The first-order valence-corrected chi connectivity index (χ1v) is 5.82. The molecule has 1 aliphatic rings. The van der Waals surface area contributed by atoms with Crippen molar-refractivity contribution in [1.29, 1.82) is 0 Å². The molecule has 0 radical (unpaired) electrons. The van der Waals surface area contributed by atoms with E-state index in [1.165, 1.54) is 7.11 Å². The van der Waals surface area contributed by atoms with E-state index in [1.54, 1.807) is 6.07 Å². The van der Waals surface area contributed by atoms with Gasteiger partial charge in [0.05, 0.1) is 18.8 Å². The van der Waals surface area contributed by atoms with Gasteiger partial charge in [0.1, 0.15) is 0 Å². The van der Waals surface area contributed by atoms with Gasteiger partial charge in [0.2, 0.25) is 0 Å². The maximum absolute atomic E-state index is 11.4. The van der Waals surface area contributed by atoms with E-state index in [1.807, 2.05) is 18.2 Å². The van der Waals surface area contributed by atoms with Gasteiger partial charge in [0.25, 0.3) is 0 Å². The van der Waals surface area contributed by atoms with E-state index in [2.05, 4.69) is 4.90 Å². The summed E-state index contributed by atoms with van der Waals surface area (Å²) in [6.07, 6.45) is 1.56. The van der Waals surface area contributed by atoms with Crippen molar-refractivity contribution in [2.24, 2.45) is 0 Å². The van der Waals surface area contributed by atoms with Crippen molar-refractivity contribution in [3.63, 3.8) is 0 Å². The molecule has 0 bridgehead atoms. The number of carbonyl (C=O) groups is 1. The Balaban J connectivity index is 2.17. The van der Waals surface area contributed by atoms with Crippen molar-refractivity contribution < 1.29 is 14.6 Å². The topological polar surface area (TPSA) is 49.8 Å². The van der Waals surface area contributed by atoms with Gasteiger partial charge in [-0.2, -0.15) is 0 Å². The number of anilines is 1. The van der Waals surface area contributed by atoms with E-state index in [0.29, 0.717) is 12.1 Å². The number of carbonyl (C=O) groups excluding carboxylic acids is 1. The number of rotatable bonds is 2. The predicted octanol–water partition coefficient (Wildman–Crippen LogP) is 1.43. The number of methoxy groups -OCH3 is 1. The van der Waals surface area contributed by atoms with Crippen molar-refractivity contribution in [3.05, 3.63) is 29.8 Å². The van der Waals surface area contributed by atoms with E-state index in [9.17, 15) is 9.90 Å². The lowest BCUT2D eigenvalue weighted by Gasteiger charge is -2.32. The summed E-state index contributed by atoms with van der Waals surface area (Å²) < 4.78 is 4.69. The van der Waals surface area contributed by atoms with Crippen LogP contribution in [-0.4, -0.2) is 37.4 Å². The Kier molecular flexibility index (Phi) is 3.64. The van der Waals surface area contributed by atoms with Crippen molar-refractivity contribution in [3.8, 4) is 0 Å². The molecule has 1 aromatic rings. The lowest BCUT2D eigenvalue weighted by Crippen LogP contribution is -2.38. The molecule has 0 aromatic heterocycles. The van der Waals surface area contributed by atoms with E-state index in [-0.39, 0.29) is 12.1 Å². The standard InChI is InChI=1S/C13H17NO3/c1-17-13(16)10-4-2-5-11(8-10)14-7-3-6-12(15)9-14/h2,4-5,8,12,15H,3,6-7,9H2,1H3. The molecule has 1 atom stereocenters. The van der Waals surface area contributed by atoms with Gasteiger partial charge in [-0.1, -0.05) is 6.07 Å². The van der Waals surface area contributed by atoms with Crippen LogP contribution in [0.4, 0.5) is 5.69 Å². The molecule has 0 aliphatic carbocycles. The summed E-state index contributed by atoms with van der Waals surface area (Å²) in [6, 6.07) is 7.33. The molecule has 0 spiro atoms. The number of esters is 1. The minimum Gasteiger partial charge on any atom is -0.465 e. The lowest BCUT2D eigenvalue weighted by molar-refractivity contribution is 0.0601. The van der Waals surface area contributed by atoms with Gasteiger partial charge in [-0.15, -0.1) is 0 Å². The second-order valence-electron chi connectivity index (χ2n) is 4.28. The van der Waals surface area contributed by atoms with Gasteiger partial charge in [0.15, 0.2) is 0 Å². The number of aliphatic hydroxyl groups excluding tert-OH is 1. The van der Waals surface area contributed by atoms with Crippen molar-refractivity contribution in [1.82, 2.24) is 0 Å². The molecule has 1 unspecified atom stereocenters. The normalized spacial score (nSPS) is 20.1. The van der Waals surface area contributed by atoms with E-state index in [0.717, 1.165) is 25.1 Å². The van der Waals surface area contributed by atoms with Crippen LogP contribution in [-0.2, 0) is 4.74 Å². The molecule has 1 fully saturated rings. The lowest BCUT2D eigenvalue weighted by atomic mass is 10.1. The highest BCUT2D eigenvalue weighted by molar-refractivity contribution is 5.90. The van der Waals surface area contributed by atoms with Crippen molar-refractivity contribution in [2.45, 2.75) is 18.9 Å². The highest BCUT2D eigenvalue weighted by atomic mass is 16.5. The third-order valence-corrected chi connectivity index (χ3v) is 3.03. The van der Waals surface area contributed by atoms with Crippen LogP contribution in [0, 0.1) is 0 Å². The Morgan fingerprint density at radius 1 is 1.53 bits per heavy atom. The molecule has 1 aromatic carbocycles. The van der Waals surface area contributed by atoms with Crippen LogP contribution < -0.4 is 4.90 Å². The van der Waals surface area contributed by atoms with Crippen LogP contribution >= 0.6 is 0 Å². The molecule has 17 heavy (non-hydrogen) atoms. The molecule has 2 rings (SSSR count). The summed E-state index contributed by atoms with van der Waals surface area (Å²) in [6.45, 7) is 1.55. The highest BCUT2D eigenvalue weighted by Crippen LogP contribution is 2.21. The monoisotopic (exact) mass is 235 g/mol. The van der Waals surface area contributed by atoms with Gasteiger partial charge in [-0.05, 0) is 31.0 Å². The van der Waals surface area contributed by atoms with Crippen LogP contribution in [0.15, 0.2) is 24.3 Å². The summed E-state index contributed by atoms with van der Waals surface area (Å²) in [5.74, 6) is -0.329. The fraction of sp³-hybridized carbons (Fsp3) is 0.462. The fourth-order valence-corrected chi connectivity index (χ4v) is 2.14. The zero-order valence-corrected chi connectivity index (χ0v) is 9.93. The number of hydrogen-bond donors (Lipinski definition) is 1. The quantitative estimate of drug-likeness (QED) is 0.788. The minimum atomic E-state index is -0.329. The van der Waals surface area contributed by atoms with E-state index >= 15 is 0 Å². The maximum atomic E-state index is 11.4. The third kappa shape index (κ3) is 2.77. The Hall–Kier alpha value is -1.55. The summed E-state index contributed by atoms with van der Waals surface area (Å²) in [7, 11) is 1.37. The molecule has 1 aliphatic heterocycles. The number of hydrogen-bond acceptors (Lipinski definition) is 4. The molecule has 92 valence electrons. The molecule has 4 nitrogen and oxygen atoms in total. The smallest absolute Gasteiger partial charge is 0.337 e. The van der Waals surface area contributed by atoms with E-state index < -0.39 is 0 Å². The summed E-state index contributed by atoms with van der Waals surface area (Å²) >= 11 is 0. The zero-order chi connectivity index (χ0) is 12.3. The van der Waals surface area contributed by atoms with Crippen LogP contribution in [0.1, 0.15) is 23.2 Å². The predicted molar refractivity (Wildman–Crippen MR) is 65.2 cm³/mol. The van der Waals surface area contributed by atoms with Gasteiger partial charge in [-0.3, -0.25) is 0 Å². The first-order valence-electron chi connectivity index (χ1n) is 5.82. The molecule has 1 heterocycles. The number of ether oxygens (including phenoxy) is 1. The van der Waals surface area contributed by atoms with Gasteiger partial charge < -0.3 is 14.7 Å². The first-order chi connectivity index (χ1) is 8.20. The van der Waals surface area contributed by atoms with Crippen LogP contribution in [0.2, 0.25) is 0 Å². The Labute approximate surface area is 101 Å². The van der Waals surface area contributed by atoms with Crippen LogP contribution in [0.25, 0.3) is 0 Å². The average Bonchev–Trinajstić information content (AvgIpc) is 2.38. The largest absolute Gasteiger partial charge is 0.465 e. The molecular formula is C13H17NO3. The Morgan fingerprint density at radius 2 is 2.35 bits per heavy atom. The second-order valence-corrected chi connectivity index (χ2v) is 4.28. The summed E-state index contributed by atoms with van der Waals surface area (Å²) in [5.41, 5.74) is 1.51. The van der Waals surface area contributed by atoms with Crippen molar-refractivity contribution in [2.75, 3.05) is 25.1 Å². The summed E-state index contributed by atoms with van der Waals surface area (Å²) in [4.78, 5) is 13.5. The highest BCUT2D eigenvalue weighted by Gasteiger charge is 2.18. The SMILES string of the molecule is COC(=O)c1cccc(N2CCCC(O)C2)c1. The zero-order valence-electron chi connectivity index (χ0n) is 9.93. The van der Waals surface area contributed by atoms with Gasteiger partial charge >= 0.3 is 5.97 Å². The Morgan fingerprint density at radius 3 is 3.06 bits per heavy atom. The van der Waals surface area contributed by atoms with Crippen LogP contribution in [0.5, 0.6) is 0 Å². The van der Waals surface area contributed by atoms with Gasteiger partial charge in [-0.25, -0.2) is 4.79 Å². The molecular weight excluding hydrogens is 218 g/mol.